The van der Waals surface area contributed by atoms with Crippen LogP contribution in [-0.2, 0) is 7.05 Å². The zero-order valence-corrected chi connectivity index (χ0v) is 15.9. The summed E-state index contributed by atoms with van der Waals surface area (Å²) in [4.78, 5) is 15.0. The summed E-state index contributed by atoms with van der Waals surface area (Å²) < 4.78 is 7.78. The van der Waals surface area contributed by atoms with E-state index in [1.54, 1.807) is 0 Å². The van der Waals surface area contributed by atoms with E-state index in [1.807, 2.05) is 38.1 Å². The number of rotatable bonds is 7. The van der Waals surface area contributed by atoms with Crippen LogP contribution in [-0.4, -0.2) is 41.1 Å². The van der Waals surface area contributed by atoms with E-state index in [0.29, 0.717) is 12.1 Å². The minimum atomic E-state index is -0.0421. The summed E-state index contributed by atoms with van der Waals surface area (Å²) in [6, 6.07) is 11.8. The van der Waals surface area contributed by atoms with Gasteiger partial charge in [-0.2, -0.15) is 0 Å². The van der Waals surface area contributed by atoms with Gasteiger partial charge in [-0.3, -0.25) is 9.69 Å². The number of likely N-dealkylation sites (tertiary alicyclic amines) is 1. The van der Waals surface area contributed by atoms with Crippen LogP contribution < -0.4 is 10.1 Å². The number of hydrogen-bond acceptors (Lipinski definition) is 3. The Morgan fingerprint density at radius 2 is 1.85 bits per heavy atom. The molecule has 5 nitrogen and oxygen atoms in total. The monoisotopic (exact) mass is 355 g/mol. The highest BCUT2D eigenvalue weighted by Gasteiger charge is 2.25. The number of carbonyl (C=O) groups excluding carboxylic acids is 1. The maximum Gasteiger partial charge on any atom is 0.251 e. The van der Waals surface area contributed by atoms with Crippen molar-refractivity contribution < 1.29 is 9.53 Å². The molecule has 140 valence electrons. The molecule has 3 rings (SSSR count). The van der Waals surface area contributed by atoms with Crippen molar-refractivity contribution in [2.45, 2.75) is 38.8 Å². The van der Waals surface area contributed by atoms with Crippen LogP contribution in [0.3, 0.4) is 0 Å². The predicted octanol–water partition coefficient (Wildman–Crippen LogP) is 3.38. The molecule has 1 aliphatic heterocycles. The molecule has 2 aromatic rings. The molecule has 26 heavy (non-hydrogen) atoms. The molecule has 2 heterocycles. The number of aromatic nitrogens is 1. The molecular formula is C21H29N3O2. The number of hydrogen-bond donors (Lipinski definition) is 1. The summed E-state index contributed by atoms with van der Waals surface area (Å²) in [5, 5.41) is 3.12. The van der Waals surface area contributed by atoms with Crippen molar-refractivity contribution in [3.05, 3.63) is 53.9 Å². The van der Waals surface area contributed by atoms with E-state index in [2.05, 4.69) is 40.2 Å². The van der Waals surface area contributed by atoms with Crippen molar-refractivity contribution in [3.63, 3.8) is 0 Å². The minimum absolute atomic E-state index is 0.0421. The molecule has 5 heteroatoms. The van der Waals surface area contributed by atoms with Gasteiger partial charge in [0, 0.05) is 31.0 Å². The first kappa shape index (κ1) is 18.5. The third-order valence-electron chi connectivity index (χ3n) is 4.85. The smallest absolute Gasteiger partial charge is 0.251 e. The number of amides is 1. The highest BCUT2D eigenvalue weighted by molar-refractivity contribution is 5.94. The third-order valence-corrected chi connectivity index (χ3v) is 4.85. The lowest BCUT2D eigenvalue weighted by atomic mass is 10.1. The van der Waals surface area contributed by atoms with Crippen molar-refractivity contribution >= 4 is 5.91 Å². The molecule has 1 saturated heterocycles. The number of benzene rings is 1. The first-order valence-electron chi connectivity index (χ1n) is 9.45. The fraction of sp³-hybridized carbons (Fsp3) is 0.476. The lowest BCUT2D eigenvalue weighted by Crippen LogP contribution is -2.37. The van der Waals surface area contributed by atoms with Crippen LogP contribution in [0.5, 0.6) is 5.75 Å². The lowest BCUT2D eigenvalue weighted by molar-refractivity contribution is 0.0936. The van der Waals surface area contributed by atoms with E-state index in [-0.39, 0.29) is 18.1 Å². The second-order valence-electron chi connectivity index (χ2n) is 7.20. The molecule has 0 spiro atoms. The molecule has 0 unspecified atom stereocenters. The molecule has 1 atom stereocenters. The Morgan fingerprint density at radius 3 is 2.42 bits per heavy atom. The third kappa shape index (κ3) is 4.47. The van der Waals surface area contributed by atoms with E-state index in [1.165, 1.54) is 18.5 Å². The Bertz CT molecular complexity index is 715. The first-order valence-corrected chi connectivity index (χ1v) is 9.45. The van der Waals surface area contributed by atoms with Gasteiger partial charge in [0.1, 0.15) is 5.75 Å². The molecule has 1 amide bonds. The van der Waals surface area contributed by atoms with Gasteiger partial charge in [0.25, 0.3) is 5.91 Å². The van der Waals surface area contributed by atoms with Crippen molar-refractivity contribution in [2.75, 3.05) is 19.6 Å². The van der Waals surface area contributed by atoms with Crippen LogP contribution in [0.1, 0.15) is 48.8 Å². The van der Waals surface area contributed by atoms with Crippen molar-refractivity contribution in [1.29, 1.82) is 0 Å². The fourth-order valence-electron chi connectivity index (χ4n) is 3.54. The summed E-state index contributed by atoms with van der Waals surface area (Å²) in [6.45, 7) is 6.77. The Hall–Kier alpha value is -2.27. The fourth-order valence-corrected chi connectivity index (χ4v) is 3.54. The van der Waals surface area contributed by atoms with Gasteiger partial charge < -0.3 is 14.6 Å². The topological polar surface area (TPSA) is 46.5 Å². The second kappa shape index (κ2) is 8.41. The summed E-state index contributed by atoms with van der Waals surface area (Å²) in [6.07, 6.45) is 4.65. The molecule has 1 aromatic heterocycles. The predicted molar refractivity (Wildman–Crippen MR) is 104 cm³/mol. The average Bonchev–Trinajstić information content (AvgIpc) is 3.28. The molecular weight excluding hydrogens is 326 g/mol. The lowest BCUT2D eigenvalue weighted by Gasteiger charge is -2.28. The SMILES string of the molecule is CC(C)Oc1ccc(C(=O)NC[C@@H](c2cccn2C)N2CCCC2)cc1. The van der Waals surface area contributed by atoms with Crippen LogP contribution in [0.15, 0.2) is 42.6 Å². The molecule has 0 saturated carbocycles. The maximum atomic E-state index is 12.6. The first-order chi connectivity index (χ1) is 12.5. The zero-order valence-electron chi connectivity index (χ0n) is 15.9. The van der Waals surface area contributed by atoms with Gasteiger partial charge in [-0.05, 0) is 76.2 Å². The number of nitrogens with zero attached hydrogens (tertiary/aromatic N) is 2. The van der Waals surface area contributed by atoms with E-state index < -0.39 is 0 Å². The molecule has 1 aromatic carbocycles. The molecule has 1 N–H and O–H groups in total. The van der Waals surface area contributed by atoms with Crippen LogP contribution in [0.4, 0.5) is 0 Å². The largest absolute Gasteiger partial charge is 0.491 e. The second-order valence-corrected chi connectivity index (χ2v) is 7.20. The van der Waals surface area contributed by atoms with Gasteiger partial charge in [0.2, 0.25) is 0 Å². The zero-order chi connectivity index (χ0) is 18.5. The van der Waals surface area contributed by atoms with Crippen molar-refractivity contribution in [1.82, 2.24) is 14.8 Å². The van der Waals surface area contributed by atoms with Gasteiger partial charge >= 0.3 is 0 Å². The van der Waals surface area contributed by atoms with E-state index in [0.717, 1.165) is 18.8 Å². The average molecular weight is 355 g/mol. The van der Waals surface area contributed by atoms with Gasteiger partial charge in [0.05, 0.1) is 12.1 Å². The Labute approximate surface area is 156 Å². The standard InChI is InChI=1S/C21H29N3O2/c1-16(2)26-18-10-8-17(9-11-18)21(25)22-15-20(24-13-4-5-14-24)19-7-6-12-23(19)3/h6-12,16,20H,4-5,13-15H2,1-3H3,(H,22,25)/t20-/m0/s1. The number of carbonyl (C=O) groups is 1. The molecule has 1 fully saturated rings. The summed E-state index contributed by atoms with van der Waals surface area (Å²) in [5.41, 5.74) is 1.90. The van der Waals surface area contributed by atoms with Gasteiger partial charge in [-0.25, -0.2) is 0 Å². The van der Waals surface area contributed by atoms with Crippen LogP contribution in [0.25, 0.3) is 0 Å². The molecule has 0 radical (unpaired) electrons. The highest BCUT2D eigenvalue weighted by atomic mass is 16.5. The summed E-state index contributed by atoms with van der Waals surface area (Å²) in [5.74, 6) is 0.745. The molecule has 0 bridgehead atoms. The van der Waals surface area contributed by atoms with Gasteiger partial charge in [0.15, 0.2) is 0 Å². The van der Waals surface area contributed by atoms with Crippen molar-refractivity contribution in [3.8, 4) is 5.75 Å². The molecule has 1 aliphatic rings. The van der Waals surface area contributed by atoms with Crippen LogP contribution in [0, 0.1) is 0 Å². The Balaban J connectivity index is 1.65. The van der Waals surface area contributed by atoms with E-state index in [4.69, 9.17) is 4.74 Å². The number of nitrogens with one attached hydrogen (secondary N) is 1. The number of ether oxygens (including phenoxy) is 1. The van der Waals surface area contributed by atoms with Gasteiger partial charge in [-0.1, -0.05) is 0 Å². The Kier molecular flexibility index (Phi) is 5.99. The van der Waals surface area contributed by atoms with Gasteiger partial charge in [-0.15, -0.1) is 0 Å². The van der Waals surface area contributed by atoms with Crippen LogP contribution >= 0.6 is 0 Å². The van der Waals surface area contributed by atoms with Crippen molar-refractivity contribution in [2.24, 2.45) is 7.05 Å². The van der Waals surface area contributed by atoms with E-state index in [9.17, 15) is 4.79 Å². The number of aryl methyl sites for hydroxylation is 1. The normalized spacial score (nSPS) is 16.0. The maximum absolute atomic E-state index is 12.6. The van der Waals surface area contributed by atoms with Crippen LogP contribution in [0.2, 0.25) is 0 Å². The minimum Gasteiger partial charge on any atom is -0.491 e. The summed E-state index contributed by atoms with van der Waals surface area (Å²) >= 11 is 0. The Morgan fingerprint density at radius 1 is 1.15 bits per heavy atom. The summed E-state index contributed by atoms with van der Waals surface area (Å²) in [7, 11) is 2.06. The highest BCUT2D eigenvalue weighted by Crippen LogP contribution is 2.24. The van der Waals surface area contributed by atoms with E-state index >= 15 is 0 Å². The molecule has 0 aliphatic carbocycles. The quantitative estimate of drug-likeness (QED) is 0.828.